The number of imide groups is 1. The Hall–Kier alpha value is -1.92. The minimum Gasteiger partial charge on any atom is -0.381 e. The SMILES string of the molecule is O=C(NCCN1C(=O)c2ccc(Cl)cc2C1=O)C1CCOCC1. The lowest BCUT2D eigenvalue weighted by Gasteiger charge is -2.22. The monoisotopic (exact) mass is 336 g/mol. The van der Waals surface area contributed by atoms with E-state index in [1.54, 1.807) is 12.1 Å². The molecule has 6 nitrogen and oxygen atoms in total. The number of nitrogens with zero attached hydrogens (tertiary/aromatic N) is 1. The Morgan fingerprint density at radius 2 is 1.91 bits per heavy atom. The van der Waals surface area contributed by atoms with Crippen molar-refractivity contribution < 1.29 is 19.1 Å². The van der Waals surface area contributed by atoms with Crippen molar-refractivity contribution in [1.29, 1.82) is 0 Å². The maximum absolute atomic E-state index is 12.3. The van der Waals surface area contributed by atoms with E-state index >= 15 is 0 Å². The van der Waals surface area contributed by atoms with E-state index in [4.69, 9.17) is 16.3 Å². The highest BCUT2D eigenvalue weighted by molar-refractivity contribution is 6.32. The van der Waals surface area contributed by atoms with E-state index in [0.717, 1.165) is 4.90 Å². The van der Waals surface area contributed by atoms with Crippen molar-refractivity contribution >= 4 is 29.3 Å². The first-order chi connectivity index (χ1) is 11.1. The van der Waals surface area contributed by atoms with Gasteiger partial charge in [-0.05, 0) is 31.0 Å². The highest BCUT2D eigenvalue weighted by atomic mass is 35.5. The molecule has 0 spiro atoms. The van der Waals surface area contributed by atoms with Gasteiger partial charge in [0.05, 0.1) is 11.1 Å². The molecule has 122 valence electrons. The van der Waals surface area contributed by atoms with Gasteiger partial charge < -0.3 is 10.1 Å². The van der Waals surface area contributed by atoms with Gasteiger partial charge >= 0.3 is 0 Å². The molecule has 1 N–H and O–H groups in total. The summed E-state index contributed by atoms with van der Waals surface area (Å²) in [5, 5.41) is 3.21. The molecule has 0 saturated carbocycles. The molecule has 3 rings (SSSR count). The van der Waals surface area contributed by atoms with E-state index < -0.39 is 0 Å². The molecule has 7 heteroatoms. The van der Waals surface area contributed by atoms with Crippen molar-refractivity contribution in [2.24, 2.45) is 5.92 Å². The number of nitrogens with one attached hydrogen (secondary N) is 1. The second kappa shape index (κ2) is 6.68. The van der Waals surface area contributed by atoms with Crippen LogP contribution in [0.25, 0.3) is 0 Å². The van der Waals surface area contributed by atoms with Crippen LogP contribution in [0.4, 0.5) is 0 Å². The standard InChI is InChI=1S/C16H17ClN2O4/c17-11-1-2-12-13(9-11)16(22)19(15(12)21)6-5-18-14(20)10-3-7-23-8-4-10/h1-2,9-10H,3-8H2,(H,18,20). The number of halogens is 1. The van der Waals surface area contributed by atoms with Crippen molar-refractivity contribution in [3.63, 3.8) is 0 Å². The summed E-state index contributed by atoms with van der Waals surface area (Å²) in [5.74, 6) is -0.813. The summed E-state index contributed by atoms with van der Waals surface area (Å²) in [6.45, 7) is 1.59. The number of fused-ring (bicyclic) bond motifs is 1. The van der Waals surface area contributed by atoms with Crippen LogP contribution in [-0.4, -0.2) is 48.9 Å². The second-order valence-corrected chi connectivity index (χ2v) is 6.07. The molecule has 1 fully saturated rings. The van der Waals surface area contributed by atoms with Gasteiger partial charge in [0.15, 0.2) is 0 Å². The number of carbonyl (C=O) groups excluding carboxylic acids is 3. The maximum Gasteiger partial charge on any atom is 0.261 e. The van der Waals surface area contributed by atoms with Gasteiger partial charge in [-0.25, -0.2) is 0 Å². The molecule has 0 aromatic heterocycles. The predicted octanol–water partition coefficient (Wildman–Crippen LogP) is 1.48. The van der Waals surface area contributed by atoms with Crippen molar-refractivity contribution in [1.82, 2.24) is 10.2 Å². The van der Waals surface area contributed by atoms with Crippen LogP contribution in [0.1, 0.15) is 33.6 Å². The normalized spacial score (nSPS) is 18.2. The van der Waals surface area contributed by atoms with Crippen molar-refractivity contribution in [2.45, 2.75) is 12.8 Å². The van der Waals surface area contributed by atoms with Gasteiger partial charge in [-0.3, -0.25) is 19.3 Å². The van der Waals surface area contributed by atoms with Crippen LogP contribution in [0.3, 0.4) is 0 Å². The van der Waals surface area contributed by atoms with Gasteiger partial charge in [0, 0.05) is 37.2 Å². The van der Waals surface area contributed by atoms with Crippen LogP contribution in [0.15, 0.2) is 18.2 Å². The molecule has 0 bridgehead atoms. The average molecular weight is 337 g/mol. The van der Waals surface area contributed by atoms with Crippen LogP contribution in [0.2, 0.25) is 5.02 Å². The molecule has 2 heterocycles. The molecule has 23 heavy (non-hydrogen) atoms. The topological polar surface area (TPSA) is 75.7 Å². The van der Waals surface area contributed by atoms with Crippen LogP contribution in [0, 0.1) is 5.92 Å². The quantitative estimate of drug-likeness (QED) is 0.845. The third-order valence-corrected chi connectivity index (χ3v) is 4.39. The Balaban J connectivity index is 1.56. The molecule has 0 radical (unpaired) electrons. The highest BCUT2D eigenvalue weighted by Crippen LogP contribution is 2.25. The highest BCUT2D eigenvalue weighted by Gasteiger charge is 2.35. The lowest BCUT2D eigenvalue weighted by Crippen LogP contribution is -2.41. The molecular formula is C16H17ClN2O4. The molecule has 1 aromatic carbocycles. The summed E-state index contributed by atoms with van der Waals surface area (Å²) >= 11 is 5.87. The zero-order valence-corrected chi connectivity index (χ0v) is 13.3. The molecule has 2 aliphatic heterocycles. The molecule has 2 aliphatic rings. The first kappa shape index (κ1) is 16.0. The Labute approximate surface area is 138 Å². The fourth-order valence-corrected chi connectivity index (χ4v) is 3.03. The van der Waals surface area contributed by atoms with E-state index in [1.165, 1.54) is 6.07 Å². The number of rotatable bonds is 4. The Morgan fingerprint density at radius 1 is 1.22 bits per heavy atom. The molecular weight excluding hydrogens is 320 g/mol. The number of hydrogen-bond acceptors (Lipinski definition) is 4. The number of amides is 3. The summed E-state index contributed by atoms with van der Waals surface area (Å²) in [5.41, 5.74) is 0.674. The summed E-state index contributed by atoms with van der Waals surface area (Å²) in [6.07, 6.45) is 1.41. The van der Waals surface area contributed by atoms with E-state index in [2.05, 4.69) is 5.32 Å². The molecule has 0 atom stereocenters. The maximum atomic E-state index is 12.3. The van der Waals surface area contributed by atoms with E-state index in [-0.39, 0.29) is 36.7 Å². The van der Waals surface area contributed by atoms with Gasteiger partial charge in [-0.1, -0.05) is 11.6 Å². The minimum absolute atomic E-state index is 0.0482. The summed E-state index contributed by atoms with van der Waals surface area (Å²) in [7, 11) is 0. The van der Waals surface area contributed by atoms with Gasteiger partial charge in [-0.15, -0.1) is 0 Å². The number of ether oxygens (including phenoxy) is 1. The Kier molecular flexibility index (Phi) is 4.63. The van der Waals surface area contributed by atoms with E-state index in [9.17, 15) is 14.4 Å². The lowest BCUT2D eigenvalue weighted by molar-refractivity contribution is -0.127. The van der Waals surface area contributed by atoms with Crippen molar-refractivity contribution in [3.05, 3.63) is 34.3 Å². The van der Waals surface area contributed by atoms with Crippen LogP contribution >= 0.6 is 11.6 Å². The number of hydrogen-bond donors (Lipinski definition) is 1. The van der Waals surface area contributed by atoms with Gasteiger partial charge in [0.25, 0.3) is 11.8 Å². The Morgan fingerprint density at radius 3 is 2.65 bits per heavy atom. The molecule has 1 saturated heterocycles. The van der Waals surface area contributed by atoms with E-state index in [0.29, 0.717) is 42.2 Å². The largest absolute Gasteiger partial charge is 0.381 e. The van der Waals surface area contributed by atoms with Gasteiger partial charge in [-0.2, -0.15) is 0 Å². The van der Waals surface area contributed by atoms with Crippen LogP contribution in [-0.2, 0) is 9.53 Å². The van der Waals surface area contributed by atoms with Gasteiger partial charge in [0.1, 0.15) is 0 Å². The lowest BCUT2D eigenvalue weighted by atomic mass is 9.99. The van der Waals surface area contributed by atoms with Gasteiger partial charge in [0.2, 0.25) is 5.91 Å². The zero-order chi connectivity index (χ0) is 16.4. The molecule has 0 aliphatic carbocycles. The van der Waals surface area contributed by atoms with Crippen molar-refractivity contribution in [2.75, 3.05) is 26.3 Å². The third kappa shape index (κ3) is 3.23. The van der Waals surface area contributed by atoms with E-state index in [1.807, 2.05) is 0 Å². The molecule has 1 aromatic rings. The first-order valence-corrected chi connectivity index (χ1v) is 7.97. The fraction of sp³-hybridized carbons (Fsp3) is 0.438. The third-order valence-electron chi connectivity index (χ3n) is 4.16. The average Bonchev–Trinajstić information content (AvgIpc) is 2.80. The minimum atomic E-state index is -0.368. The predicted molar refractivity (Wildman–Crippen MR) is 83.4 cm³/mol. The first-order valence-electron chi connectivity index (χ1n) is 7.59. The number of carbonyl (C=O) groups is 3. The zero-order valence-electron chi connectivity index (χ0n) is 12.5. The summed E-state index contributed by atoms with van der Waals surface area (Å²) in [4.78, 5) is 37.7. The number of benzene rings is 1. The van der Waals surface area contributed by atoms with Crippen molar-refractivity contribution in [3.8, 4) is 0 Å². The summed E-state index contributed by atoms with van der Waals surface area (Å²) < 4.78 is 5.22. The van der Waals surface area contributed by atoms with Crippen LogP contribution < -0.4 is 5.32 Å². The Bertz CT molecular complexity index is 655. The fourth-order valence-electron chi connectivity index (χ4n) is 2.86. The summed E-state index contributed by atoms with van der Waals surface area (Å²) in [6, 6.07) is 4.64. The molecule has 0 unspecified atom stereocenters. The molecule has 3 amide bonds. The second-order valence-electron chi connectivity index (χ2n) is 5.63. The van der Waals surface area contributed by atoms with Crippen LogP contribution in [0.5, 0.6) is 0 Å². The smallest absolute Gasteiger partial charge is 0.261 e.